The number of aliphatic carboxylic acids is 1. The summed E-state index contributed by atoms with van der Waals surface area (Å²) in [6.07, 6.45) is -0.474. The molecule has 1 rings (SSSR count). The second kappa shape index (κ2) is 13.4. The van der Waals surface area contributed by atoms with Crippen LogP contribution in [0.3, 0.4) is 0 Å². The van der Waals surface area contributed by atoms with Crippen LogP contribution in [0.25, 0.3) is 0 Å². The molecule has 0 aliphatic rings. The highest BCUT2D eigenvalue weighted by Gasteiger charge is 2.32. The van der Waals surface area contributed by atoms with Crippen molar-refractivity contribution in [3.63, 3.8) is 0 Å². The second-order valence-corrected chi connectivity index (χ2v) is 8.21. The average Bonchev–Trinajstić information content (AvgIpc) is 2.75. The molecule has 0 radical (unpaired) electrons. The summed E-state index contributed by atoms with van der Waals surface area (Å²) in [6, 6.07) is 4.24. The van der Waals surface area contributed by atoms with Crippen molar-refractivity contribution >= 4 is 42.2 Å². The average molecular weight is 482 g/mol. The number of nitrogens with one attached hydrogen (secondary N) is 3. The van der Waals surface area contributed by atoms with Gasteiger partial charge >= 0.3 is 5.97 Å². The zero-order valence-electron chi connectivity index (χ0n) is 18.5. The summed E-state index contributed by atoms with van der Waals surface area (Å²) in [5.74, 6) is -4.76. The quantitative estimate of drug-likeness (QED) is 0.168. The second-order valence-electron chi connectivity index (χ2n) is 7.84. The molecule has 182 valence electrons. The van der Waals surface area contributed by atoms with Crippen molar-refractivity contribution in [2.75, 3.05) is 5.75 Å². The van der Waals surface area contributed by atoms with Crippen LogP contribution in [0, 0.1) is 5.92 Å². The Morgan fingerprint density at radius 1 is 0.939 bits per heavy atom. The minimum atomic E-state index is -1.54. The predicted octanol–water partition coefficient (Wildman–Crippen LogP) is -1.44. The number of carbonyl (C=O) groups is 5. The van der Waals surface area contributed by atoms with Crippen LogP contribution in [0.5, 0.6) is 0 Å². The van der Waals surface area contributed by atoms with Gasteiger partial charge in [-0.3, -0.25) is 19.2 Å². The Hall–Kier alpha value is -3.12. The number of amides is 4. The molecule has 0 bridgehead atoms. The van der Waals surface area contributed by atoms with Crippen LogP contribution in [-0.4, -0.2) is 64.6 Å². The fourth-order valence-corrected chi connectivity index (χ4v) is 3.04. The lowest BCUT2D eigenvalue weighted by atomic mass is 10.00. The maximum Gasteiger partial charge on any atom is 0.326 e. The monoisotopic (exact) mass is 481 g/mol. The number of thiol groups is 1. The van der Waals surface area contributed by atoms with Crippen molar-refractivity contribution < 1.29 is 29.1 Å². The van der Waals surface area contributed by atoms with E-state index in [4.69, 9.17) is 11.5 Å². The number of rotatable bonds is 13. The highest BCUT2D eigenvalue weighted by molar-refractivity contribution is 7.80. The first-order chi connectivity index (χ1) is 15.5. The standard InChI is InChI=1S/C21H31N5O6S/c1-11(2)17(20(30)25-15(21(31)32)9-16(23)27)26-19(29)14(24-18(28)13(22)10-33)8-12-6-4-3-5-7-12/h3-7,11,13-15,17,33H,8-10,22H2,1-2H3,(H2,23,27)(H,24,28)(H,25,30)(H,26,29)(H,31,32). The van der Waals surface area contributed by atoms with E-state index in [9.17, 15) is 29.1 Å². The predicted molar refractivity (Wildman–Crippen MR) is 124 cm³/mol. The van der Waals surface area contributed by atoms with E-state index in [1.165, 1.54) is 0 Å². The van der Waals surface area contributed by atoms with Gasteiger partial charge in [-0.2, -0.15) is 12.6 Å². The molecule has 0 aromatic heterocycles. The molecule has 0 aliphatic carbocycles. The van der Waals surface area contributed by atoms with Crippen LogP contribution in [0.4, 0.5) is 0 Å². The molecule has 0 spiro atoms. The van der Waals surface area contributed by atoms with Crippen LogP contribution in [-0.2, 0) is 30.4 Å². The maximum absolute atomic E-state index is 13.1. The van der Waals surface area contributed by atoms with Crippen molar-refractivity contribution in [1.82, 2.24) is 16.0 Å². The van der Waals surface area contributed by atoms with Gasteiger partial charge in [0, 0.05) is 12.2 Å². The fourth-order valence-electron chi connectivity index (χ4n) is 2.87. The van der Waals surface area contributed by atoms with Crippen LogP contribution >= 0.6 is 12.6 Å². The SMILES string of the molecule is CC(C)C(NC(=O)C(Cc1ccccc1)NC(=O)C(N)CS)C(=O)NC(CC(N)=O)C(=O)O. The maximum atomic E-state index is 13.1. The Morgan fingerprint density at radius 3 is 2.00 bits per heavy atom. The highest BCUT2D eigenvalue weighted by atomic mass is 32.1. The lowest BCUT2D eigenvalue weighted by molar-refractivity contribution is -0.144. The summed E-state index contributed by atoms with van der Waals surface area (Å²) in [5.41, 5.74) is 11.5. The molecule has 0 saturated heterocycles. The molecule has 0 aliphatic heterocycles. The van der Waals surface area contributed by atoms with Gasteiger partial charge in [-0.05, 0) is 11.5 Å². The van der Waals surface area contributed by atoms with Gasteiger partial charge in [-0.25, -0.2) is 4.79 Å². The number of nitrogens with two attached hydrogens (primary N) is 2. The Labute approximate surface area is 197 Å². The topological polar surface area (TPSA) is 194 Å². The van der Waals surface area contributed by atoms with Gasteiger partial charge in [0.05, 0.1) is 12.5 Å². The van der Waals surface area contributed by atoms with E-state index in [2.05, 4.69) is 28.6 Å². The third kappa shape index (κ3) is 9.49. The smallest absolute Gasteiger partial charge is 0.326 e. The van der Waals surface area contributed by atoms with Crippen molar-refractivity contribution in [3.8, 4) is 0 Å². The van der Waals surface area contributed by atoms with Crippen LogP contribution in [0.2, 0.25) is 0 Å². The van der Waals surface area contributed by atoms with Crippen LogP contribution in [0.15, 0.2) is 30.3 Å². The Bertz CT molecular complexity index is 851. The summed E-state index contributed by atoms with van der Waals surface area (Å²) >= 11 is 3.99. The number of hydrogen-bond donors (Lipinski definition) is 7. The van der Waals surface area contributed by atoms with Gasteiger partial charge in [-0.1, -0.05) is 44.2 Å². The van der Waals surface area contributed by atoms with E-state index in [-0.39, 0.29) is 12.2 Å². The van der Waals surface area contributed by atoms with E-state index in [0.717, 1.165) is 5.56 Å². The minimum Gasteiger partial charge on any atom is -0.480 e. The van der Waals surface area contributed by atoms with Crippen LogP contribution in [0.1, 0.15) is 25.8 Å². The van der Waals surface area contributed by atoms with E-state index < -0.39 is 66.1 Å². The van der Waals surface area contributed by atoms with Gasteiger partial charge in [0.15, 0.2) is 0 Å². The van der Waals surface area contributed by atoms with Gasteiger partial charge in [0.25, 0.3) is 0 Å². The molecule has 4 amide bonds. The number of carbonyl (C=O) groups excluding carboxylic acids is 4. The molecule has 8 N–H and O–H groups in total. The van der Waals surface area contributed by atoms with E-state index in [1.54, 1.807) is 44.2 Å². The number of carboxylic acid groups (broad SMARTS) is 1. The first-order valence-corrected chi connectivity index (χ1v) is 10.9. The van der Waals surface area contributed by atoms with Crippen molar-refractivity contribution in [3.05, 3.63) is 35.9 Å². The molecule has 4 atom stereocenters. The number of primary amides is 1. The van der Waals surface area contributed by atoms with Gasteiger partial charge in [0.2, 0.25) is 23.6 Å². The Balaban J connectivity index is 3.05. The van der Waals surface area contributed by atoms with E-state index in [0.29, 0.717) is 0 Å². The number of benzene rings is 1. The summed E-state index contributed by atoms with van der Waals surface area (Å²) in [5, 5.41) is 16.6. The largest absolute Gasteiger partial charge is 0.480 e. The summed E-state index contributed by atoms with van der Waals surface area (Å²) in [6.45, 7) is 3.30. The lowest BCUT2D eigenvalue weighted by Gasteiger charge is -2.27. The highest BCUT2D eigenvalue weighted by Crippen LogP contribution is 2.08. The Kier molecular flexibility index (Phi) is 11.4. The summed E-state index contributed by atoms with van der Waals surface area (Å²) in [4.78, 5) is 60.5. The van der Waals surface area contributed by atoms with E-state index >= 15 is 0 Å². The molecular weight excluding hydrogens is 450 g/mol. The van der Waals surface area contributed by atoms with Gasteiger partial charge in [0.1, 0.15) is 18.1 Å². The molecule has 1 aromatic carbocycles. The fraction of sp³-hybridized carbons (Fsp3) is 0.476. The van der Waals surface area contributed by atoms with Gasteiger partial charge in [-0.15, -0.1) is 0 Å². The Morgan fingerprint density at radius 2 is 1.52 bits per heavy atom. The molecule has 0 fully saturated rings. The molecule has 11 nitrogen and oxygen atoms in total. The zero-order chi connectivity index (χ0) is 25.1. The van der Waals surface area contributed by atoms with Crippen molar-refractivity contribution in [1.29, 1.82) is 0 Å². The number of hydrogen-bond acceptors (Lipinski definition) is 7. The third-order valence-electron chi connectivity index (χ3n) is 4.72. The normalized spacial score (nSPS) is 14.5. The van der Waals surface area contributed by atoms with Crippen molar-refractivity contribution in [2.24, 2.45) is 17.4 Å². The molecule has 33 heavy (non-hydrogen) atoms. The molecule has 4 unspecified atom stereocenters. The first kappa shape index (κ1) is 27.9. The number of carboxylic acids is 1. The third-order valence-corrected chi connectivity index (χ3v) is 5.11. The first-order valence-electron chi connectivity index (χ1n) is 10.3. The van der Waals surface area contributed by atoms with E-state index in [1.807, 2.05) is 0 Å². The summed E-state index contributed by atoms with van der Waals surface area (Å²) < 4.78 is 0. The van der Waals surface area contributed by atoms with Crippen molar-refractivity contribution in [2.45, 2.75) is 50.9 Å². The van der Waals surface area contributed by atoms with Crippen LogP contribution < -0.4 is 27.4 Å². The molecule has 1 aromatic rings. The molecular formula is C21H31N5O6S. The minimum absolute atomic E-state index is 0.0684. The lowest BCUT2D eigenvalue weighted by Crippen LogP contribution is -2.59. The summed E-state index contributed by atoms with van der Waals surface area (Å²) in [7, 11) is 0. The van der Waals surface area contributed by atoms with Gasteiger partial charge < -0.3 is 32.5 Å². The molecule has 0 saturated carbocycles. The zero-order valence-corrected chi connectivity index (χ0v) is 19.4. The molecule has 12 heteroatoms. The molecule has 0 heterocycles.